The lowest BCUT2D eigenvalue weighted by Crippen LogP contribution is -2.08. The van der Waals surface area contributed by atoms with E-state index in [2.05, 4.69) is 9.97 Å². The maximum absolute atomic E-state index is 10.7. The van der Waals surface area contributed by atoms with Gasteiger partial charge in [-0.05, 0) is 43.4 Å². The first-order valence-electron chi connectivity index (χ1n) is 7.04. The molecule has 0 saturated carbocycles. The van der Waals surface area contributed by atoms with Crippen LogP contribution in [0, 0.1) is 0 Å². The summed E-state index contributed by atoms with van der Waals surface area (Å²) in [6.07, 6.45) is 5.78. The molecule has 1 aromatic heterocycles. The Bertz CT molecular complexity index is 653. The quantitative estimate of drug-likeness (QED) is 0.934. The molecule has 2 aromatic rings. The molecule has 0 atom stereocenters. The molecule has 0 aliphatic heterocycles. The molecule has 0 amide bonds. The summed E-state index contributed by atoms with van der Waals surface area (Å²) >= 11 is 0. The van der Waals surface area contributed by atoms with Crippen LogP contribution in [0.15, 0.2) is 30.6 Å². The summed E-state index contributed by atoms with van der Waals surface area (Å²) in [5.74, 6) is 0.440. The van der Waals surface area contributed by atoms with E-state index >= 15 is 0 Å². The van der Waals surface area contributed by atoms with Crippen LogP contribution in [-0.2, 0) is 24.1 Å². The fourth-order valence-corrected chi connectivity index (χ4v) is 2.54. The summed E-state index contributed by atoms with van der Waals surface area (Å²) in [4.78, 5) is 19.2. The van der Waals surface area contributed by atoms with Gasteiger partial charge in [0.25, 0.3) is 0 Å². The second-order valence-corrected chi connectivity index (χ2v) is 5.13. The summed E-state index contributed by atoms with van der Waals surface area (Å²) in [6, 6.07) is 7.07. The molecule has 21 heavy (non-hydrogen) atoms. The molecular formula is C16H16N2O3. The second kappa shape index (κ2) is 5.91. The molecule has 1 heterocycles. The number of fused-ring (bicyclic) bond motifs is 1. The monoisotopic (exact) mass is 284 g/mol. The normalized spacial score (nSPS) is 13.5. The smallest absolute Gasteiger partial charge is 0.307 e. The number of aryl methyl sites for hydroxylation is 1. The van der Waals surface area contributed by atoms with Crippen molar-refractivity contribution in [2.75, 3.05) is 0 Å². The van der Waals surface area contributed by atoms with E-state index in [1.807, 2.05) is 0 Å². The van der Waals surface area contributed by atoms with E-state index in [9.17, 15) is 4.79 Å². The Morgan fingerprint density at radius 3 is 2.67 bits per heavy atom. The van der Waals surface area contributed by atoms with Crippen molar-refractivity contribution >= 4 is 5.97 Å². The van der Waals surface area contributed by atoms with Crippen molar-refractivity contribution in [2.45, 2.75) is 32.1 Å². The van der Waals surface area contributed by atoms with Crippen LogP contribution in [0.25, 0.3) is 0 Å². The van der Waals surface area contributed by atoms with Crippen molar-refractivity contribution in [1.29, 1.82) is 0 Å². The van der Waals surface area contributed by atoms with E-state index in [1.165, 1.54) is 6.33 Å². The Morgan fingerprint density at radius 2 is 1.90 bits per heavy atom. The van der Waals surface area contributed by atoms with Crippen molar-refractivity contribution in [3.8, 4) is 11.6 Å². The van der Waals surface area contributed by atoms with Gasteiger partial charge in [0.15, 0.2) is 0 Å². The topological polar surface area (TPSA) is 72.3 Å². The lowest BCUT2D eigenvalue weighted by atomic mass is 9.97. The third-order valence-corrected chi connectivity index (χ3v) is 3.58. The minimum absolute atomic E-state index is 0.0170. The van der Waals surface area contributed by atoms with Gasteiger partial charge in [-0.25, -0.2) is 9.97 Å². The van der Waals surface area contributed by atoms with Crippen LogP contribution in [0.2, 0.25) is 0 Å². The third kappa shape index (κ3) is 3.18. The molecule has 0 radical (unpaired) electrons. The average molecular weight is 284 g/mol. The van der Waals surface area contributed by atoms with Crippen LogP contribution in [0.4, 0.5) is 0 Å². The molecule has 0 spiro atoms. The maximum Gasteiger partial charge on any atom is 0.307 e. The van der Waals surface area contributed by atoms with Crippen molar-refractivity contribution in [1.82, 2.24) is 9.97 Å². The molecule has 1 aliphatic rings. The van der Waals surface area contributed by atoms with Crippen LogP contribution in [0.3, 0.4) is 0 Å². The van der Waals surface area contributed by atoms with Crippen molar-refractivity contribution in [3.63, 3.8) is 0 Å². The van der Waals surface area contributed by atoms with Gasteiger partial charge >= 0.3 is 5.97 Å². The zero-order valence-electron chi connectivity index (χ0n) is 11.6. The molecule has 0 unspecified atom stereocenters. The molecule has 1 aromatic carbocycles. The van der Waals surface area contributed by atoms with Gasteiger partial charge in [0, 0.05) is 5.56 Å². The Hall–Kier alpha value is -2.43. The standard InChI is InChI=1S/C16H16N2O3/c19-15(20)9-11-5-7-12(8-6-11)21-16-13-3-1-2-4-14(13)17-10-18-16/h5-8,10H,1-4,9H2,(H,19,20). The number of aliphatic carboxylic acids is 1. The number of carbonyl (C=O) groups is 1. The number of ether oxygens (including phenoxy) is 1. The van der Waals surface area contributed by atoms with Gasteiger partial charge in [0.2, 0.25) is 5.88 Å². The Morgan fingerprint density at radius 1 is 1.14 bits per heavy atom. The van der Waals surface area contributed by atoms with E-state index in [-0.39, 0.29) is 6.42 Å². The highest BCUT2D eigenvalue weighted by Crippen LogP contribution is 2.29. The Balaban J connectivity index is 1.79. The lowest BCUT2D eigenvalue weighted by Gasteiger charge is -2.17. The van der Waals surface area contributed by atoms with Crippen LogP contribution < -0.4 is 4.74 Å². The first kappa shape index (κ1) is 13.5. The van der Waals surface area contributed by atoms with E-state index in [4.69, 9.17) is 9.84 Å². The number of rotatable bonds is 4. The fraction of sp³-hybridized carbons (Fsp3) is 0.312. The predicted octanol–water partition coefficient (Wildman–Crippen LogP) is 2.77. The third-order valence-electron chi connectivity index (χ3n) is 3.58. The summed E-state index contributed by atoms with van der Waals surface area (Å²) < 4.78 is 5.84. The Labute approximate surface area is 122 Å². The molecule has 1 N–H and O–H groups in total. The molecule has 0 saturated heterocycles. The molecule has 108 valence electrons. The second-order valence-electron chi connectivity index (χ2n) is 5.13. The summed E-state index contributed by atoms with van der Waals surface area (Å²) in [5.41, 5.74) is 2.92. The van der Waals surface area contributed by atoms with E-state index in [1.54, 1.807) is 24.3 Å². The van der Waals surface area contributed by atoms with Gasteiger partial charge in [-0.3, -0.25) is 4.79 Å². The van der Waals surface area contributed by atoms with Gasteiger partial charge in [-0.15, -0.1) is 0 Å². The highest BCUT2D eigenvalue weighted by molar-refractivity contribution is 5.70. The van der Waals surface area contributed by atoms with Gasteiger partial charge in [-0.1, -0.05) is 12.1 Å². The summed E-state index contributed by atoms with van der Waals surface area (Å²) in [5, 5.41) is 8.76. The van der Waals surface area contributed by atoms with Crippen LogP contribution in [-0.4, -0.2) is 21.0 Å². The van der Waals surface area contributed by atoms with Gasteiger partial charge < -0.3 is 9.84 Å². The number of aromatic nitrogens is 2. The first-order valence-corrected chi connectivity index (χ1v) is 7.04. The SMILES string of the molecule is O=C(O)Cc1ccc(Oc2ncnc3c2CCCC3)cc1. The minimum atomic E-state index is -0.839. The van der Waals surface area contributed by atoms with Crippen LogP contribution in [0.5, 0.6) is 11.6 Å². The Kier molecular flexibility index (Phi) is 3.81. The zero-order chi connectivity index (χ0) is 14.7. The number of carboxylic acids is 1. The number of carboxylic acid groups (broad SMARTS) is 1. The molecule has 3 rings (SSSR count). The zero-order valence-corrected chi connectivity index (χ0v) is 11.6. The first-order chi connectivity index (χ1) is 10.2. The van der Waals surface area contributed by atoms with Crippen LogP contribution >= 0.6 is 0 Å². The average Bonchev–Trinajstić information content (AvgIpc) is 2.49. The summed E-state index contributed by atoms with van der Waals surface area (Å²) in [7, 11) is 0. The molecule has 5 heteroatoms. The lowest BCUT2D eigenvalue weighted by molar-refractivity contribution is -0.136. The van der Waals surface area contributed by atoms with Gasteiger partial charge in [0.1, 0.15) is 12.1 Å². The molecule has 5 nitrogen and oxygen atoms in total. The van der Waals surface area contributed by atoms with Gasteiger partial charge in [-0.2, -0.15) is 0 Å². The molecule has 1 aliphatic carbocycles. The largest absolute Gasteiger partial charge is 0.481 e. The van der Waals surface area contributed by atoms with Crippen molar-refractivity contribution in [2.24, 2.45) is 0 Å². The number of benzene rings is 1. The van der Waals surface area contributed by atoms with E-state index in [0.29, 0.717) is 11.6 Å². The van der Waals surface area contributed by atoms with E-state index in [0.717, 1.165) is 42.5 Å². The van der Waals surface area contributed by atoms with Gasteiger partial charge in [0.05, 0.1) is 12.1 Å². The maximum atomic E-state index is 10.7. The van der Waals surface area contributed by atoms with E-state index < -0.39 is 5.97 Å². The highest BCUT2D eigenvalue weighted by atomic mass is 16.5. The number of hydrogen-bond donors (Lipinski definition) is 1. The summed E-state index contributed by atoms with van der Waals surface area (Å²) in [6.45, 7) is 0. The minimum Gasteiger partial charge on any atom is -0.481 e. The molecule has 0 fully saturated rings. The van der Waals surface area contributed by atoms with Crippen molar-refractivity contribution in [3.05, 3.63) is 47.4 Å². The predicted molar refractivity (Wildman–Crippen MR) is 76.5 cm³/mol. The van der Waals surface area contributed by atoms with Crippen LogP contribution in [0.1, 0.15) is 29.7 Å². The number of nitrogens with zero attached hydrogens (tertiary/aromatic N) is 2. The fourth-order valence-electron chi connectivity index (χ4n) is 2.54. The molecule has 0 bridgehead atoms. The molecular weight excluding hydrogens is 268 g/mol. The number of hydrogen-bond acceptors (Lipinski definition) is 4. The van der Waals surface area contributed by atoms with Crippen molar-refractivity contribution < 1.29 is 14.6 Å². The highest BCUT2D eigenvalue weighted by Gasteiger charge is 2.16.